The summed E-state index contributed by atoms with van der Waals surface area (Å²) in [5.41, 5.74) is 5.92. The summed E-state index contributed by atoms with van der Waals surface area (Å²) in [6, 6.07) is 45.4. The number of ether oxygens (including phenoxy) is 2. The van der Waals surface area contributed by atoms with Crippen molar-refractivity contribution in [2.45, 2.75) is 62.9 Å². The third-order valence-corrected chi connectivity index (χ3v) is 10.9. The number of carboxylic acids is 1. The van der Waals surface area contributed by atoms with Gasteiger partial charge in [0.1, 0.15) is 42.3 Å². The molecule has 0 aromatic heterocycles. The molecule has 5 N–H and O–H groups in total. The van der Waals surface area contributed by atoms with Crippen LogP contribution in [-0.4, -0.2) is 65.5 Å². The van der Waals surface area contributed by atoms with Gasteiger partial charge in [-0.3, -0.25) is 19.2 Å². The summed E-state index contributed by atoms with van der Waals surface area (Å²) in [7, 11) is 0. The number of nitrogens with one attached hydrogen (secondary N) is 4. The van der Waals surface area contributed by atoms with Gasteiger partial charge in [-0.1, -0.05) is 140 Å². The third kappa shape index (κ3) is 12.9. The van der Waals surface area contributed by atoms with Gasteiger partial charge >= 0.3 is 5.97 Å². The average Bonchev–Trinajstić information content (AvgIpc) is 3.32. The van der Waals surface area contributed by atoms with Crippen molar-refractivity contribution >= 4 is 29.6 Å². The Morgan fingerprint density at radius 2 is 1.06 bits per heavy atom. The molecule has 2 heterocycles. The maximum absolute atomic E-state index is 14.5. The predicted molar refractivity (Wildman–Crippen MR) is 242 cm³/mol. The third-order valence-electron chi connectivity index (χ3n) is 10.9. The molecule has 6 aromatic carbocycles. The Balaban J connectivity index is 1.18. The molecule has 0 saturated heterocycles. The fourth-order valence-corrected chi connectivity index (χ4v) is 7.40. The van der Waals surface area contributed by atoms with Gasteiger partial charge in [0, 0.05) is 19.3 Å². The highest BCUT2D eigenvalue weighted by Gasteiger charge is 2.32. The van der Waals surface area contributed by atoms with Crippen LogP contribution < -0.4 is 30.7 Å². The topological polar surface area (TPSA) is 172 Å². The molecule has 2 aliphatic heterocycles. The van der Waals surface area contributed by atoms with Crippen molar-refractivity contribution in [2.75, 3.05) is 6.61 Å². The second-order valence-corrected chi connectivity index (χ2v) is 15.7. The monoisotopic (exact) mass is 858 g/mol. The van der Waals surface area contributed by atoms with Crippen LogP contribution >= 0.6 is 0 Å². The molecule has 64 heavy (non-hydrogen) atoms. The molecule has 12 nitrogen and oxygen atoms in total. The largest absolute Gasteiger partial charge is 0.489 e. The van der Waals surface area contributed by atoms with Crippen molar-refractivity contribution in [3.63, 3.8) is 0 Å². The second kappa shape index (κ2) is 21.9. The minimum Gasteiger partial charge on any atom is -0.489 e. The van der Waals surface area contributed by atoms with Crippen LogP contribution in [0.4, 0.5) is 0 Å². The number of aryl methyl sites for hydroxylation is 1. The van der Waals surface area contributed by atoms with E-state index in [0.717, 1.165) is 27.8 Å². The van der Waals surface area contributed by atoms with Gasteiger partial charge in [0.2, 0.25) is 17.7 Å². The predicted octanol–water partition coefficient (Wildman–Crippen LogP) is 6.01. The van der Waals surface area contributed by atoms with Crippen LogP contribution in [0.2, 0.25) is 0 Å². The fraction of sp³-hybridized carbons (Fsp3) is 0.212. The molecular formula is C52H50N4O8. The number of benzene rings is 6. The molecule has 0 spiro atoms. The molecule has 6 aromatic rings. The van der Waals surface area contributed by atoms with E-state index < -0.39 is 60.4 Å². The van der Waals surface area contributed by atoms with E-state index in [2.05, 4.69) is 21.3 Å². The minimum absolute atomic E-state index is 0.0304. The van der Waals surface area contributed by atoms with E-state index in [1.54, 1.807) is 36.4 Å². The average molecular weight is 859 g/mol. The summed E-state index contributed by atoms with van der Waals surface area (Å²) >= 11 is 0. The summed E-state index contributed by atoms with van der Waals surface area (Å²) in [5, 5.41) is 21.4. The molecular weight excluding hydrogens is 809 g/mol. The first-order valence-corrected chi connectivity index (χ1v) is 21.2. The Labute approximate surface area is 372 Å². The highest BCUT2D eigenvalue weighted by atomic mass is 16.5. The number of rotatable bonds is 12. The maximum atomic E-state index is 14.5. The van der Waals surface area contributed by atoms with Gasteiger partial charge in [-0.2, -0.15) is 0 Å². The number of fused-ring (bicyclic) bond motifs is 16. The van der Waals surface area contributed by atoms with Crippen molar-refractivity contribution in [3.05, 3.63) is 192 Å². The Morgan fingerprint density at radius 3 is 1.67 bits per heavy atom. The van der Waals surface area contributed by atoms with E-state index in [9.17, 15) is 29.1 Å². The van der Waals surface area contributed by atoms with Gasteiger partial charge in [-0.15, -0.1) is 0 Å². The molecule has 12 heteroatoms. The van der Waals surface area contributed by atoms with Crippen molar-refractivity contribution in [3.8, 4) is 22.6 Å². The minimum atomic E-state index is -1.33. The van der Waals surface area contributed by atoms with E-state index >= 15 is 0 Å². The van der Waals surface area contributed by atoms with E-state index in [4.69, 9.17) is 9.47 Å². The smallest absolute Gasteiger partial charge is 0.326 e. The van der Waals surface area contributed by atoms with Crippen molar-refractivity contribution in [1.29, 1.82) is 0 Å². The summed E-state index contributed by atoms with van der Waals surface area (Å²) in [5.74, 6) is -2.86. The van der Waals surface area contributed by atoms with Crippen LogP contribution in [0.1, 0.15) is 34.2 Å². The van der Waals surface area contributed by atoms with E-state index in [1.807, 2.05) is 127 Å². The highest BCUT2D eigenvalue weighted by Crippen LogP contribution is 2.21. The van der Waals surface area contributed by atoms with Crippen LogP contribution in [0.5, 0.6) is 11.5 Å². The molecule has 1 unspecified atom stereocenters. The Hall–Kier alpha value is -7.73. The lowest BCUT2D eigenvalue weighted by molar-refractivity contribution is -0.142. The summed E-state index contributed by atoms with van der Waals surface area (Å²) < 4.78 is 11.7. The lowest BCUT2D eigenvalue weighted by atomic mass is 9.98. The number of carbonyl (C=O) groups is 5. The molecule has 0 aliphatic carbocycles. The zero-order valence-corrected chi connectivity index (χ0v) is 35.2. The molecule has 8 rings (SSSR count). The summed E-state index contributed by atoms with van der Waals surface area (Å²) in [4.78, 5) is 69.1. The highest BCUT2D eigenvalue weighted by molar-refractivity contribution is 5.95. The van der Waals surface area contributed by atoms with Crippen molar-refractivity contribution < 1.29 is 38.6 Å². The number of hydrogen-bond donors (Lipinski definition) is 5. The van der Waals surface area contributed by atoms with Gasteiger partial charge in [0.15, 0.2) is 6.61 Å². The van der Waals surface area contributed by atoms with Crippen LogP contribution in [-0.2, 0) is 56.3 Å². The molecule has 4 atom stereocenters. The molecule has 2 bridgehead atoms. The van der Waals surface area contributed by atoms with E-state index in [0.29, 0.717) is 35.7 Å². The Bertz CT molecular complexity index is 2480. The molecule has 0 radical (unpaired) electrons. The Morgan fingerprint density at radius 1 is 0.547 bits per heavy atom. The fourth-order valence-electron chi connectivity index (χ4n) is 7.40. The first-order chi connectivity index (χ1) is 31.1. The lowest BCUT2D eigenvalue weighted by Crippen LogP contribution is -2.59. The van der Waals surface area contributed by atoms with Crippen molar-refractivity contribution in [1.82, 2.24) is 21.3 Å². The lowest BCUT2D eigenvalue weighted by Gasteiger charge is -2.26. The maximum Gasteiger partial charge on any atom is 0.326 e. The normalized spacial score (nSPS) is 18.4. The van der Waals surface area contributed by atoms with Gasteiger partial charge in [-0.25, -0.2) is 4.79 Å². The number of amides is 4. The van der Waals surface area contributed by atoms with Crippen LogP contribution in [0.3, 0.4) is 0 Å². The molecule has 4 amide bonds. The quantitative estimate of drug-likeness (QED) is 0.0932. The standard InChI is InChI=1S/C52H50N4O8/c57-48-34-64-43-27-20-38(21-28-43)32-47(52(61)62)56-49(58)44(29-22-35-10-4-1-5-11-35)54-51(60)46(31-36-16-23-41(24-17-36)40-14-8-3-9-15-40)55-50(59)45(53-48)30-37-18-25-42(26-19-37)63-33-39-12-6-2-7-13-39/h1-21,23-28,44-47H,22,29-34H2,(H,53,57)(H,54,60)(H,55,59)(H,56,58)(H,61,62)/t44?,45-,46+,47-/m0/s1. The first-order valence-electron chi connectivity index (χ1n) is 21.2. The van der Waals surface area contributed by atoms with Crippen LogP contribution in [0.15, 0.2) is 164 Å². The number of carboxylic acid groups (broad SMARTS) is 1. The Kier molecular flexibility index (Phi) is 15.1. The molecule has 326 valence electrons. The van der Waals surface area contributed by atoms with Crippen molar-refractivity contribution in [2.24, 2.45) is 0 Å². The molecule has 0 fully saturated rings. The molecule has 2 aliphatic rings. The number of carbonyl (C=O) groups excluding carboxylic acids is 4. The van der Waals surface area contributed by atoms with Gasteiger partial charge in [-0.05, 0) is 76.1 Å². The van der Waals surface area contributed by atoms with Crippen LogP contribution in [0.25, 0.3) is 11.1 Å². The number of aliphatic carboxylic acids is 1. The molecule has 0 saturated carbocycles. The SMILES string of the molecule is O=C1COc2ccc(cc2)C[C@@H](C(=O)O)NC(=O)C(CCc2ccccc2)NC(=O)[C@@H](Cc2ccc(-c3ccccc3)cc2)NC(=O)[C@H](Cc2ccc(OCc3ccccc3)cc2)N1. The van der Waals surface area contributed by atoms with Crippen LogP contribution in [0, 0.1) is 0 Å². The first kappa shape index (κ1) is 44.3. The van der Waals surface area contributed by atoms with Gasteiger partial charge in [0.25, 0.3) is 5.91 Å². The van der Waals surface area contributed by atoms with Gasteiger partial charge < -0.3 is 35.8 Å². The second-order valence-electron chi connectivity index (χ2n) is 15.7. The zero-order chi connectivity index (χ0) is 44.7. The van der Waals surface area contributed by atoms with Gasteiger partial charge in [0.05, 0.1) is 0 Å². The number of hydrogen-bond acceptors (Lipinski definition) is 7. The zero-order valence-electron chi connectivity index (χ0n) is 35.2. The summed E-state index contributed by atoms with van der Waals surface area (Å²) in [6.07, 6.45) is 0.560. The summed E-state index contributed by atoms with van der Waals surface area (Å²) in [6.45, 7) is -0.0542. The van der Waals surface area contributed by atoms with E-state index in [-0.39, 0.29) is 25.7 Å². The van der Waals surface area contributed by atoms with E-state index in [1.165, 1.54) is 0 Å².